The van der Waals surface area contributed by atoms with Gasteiger partial charge < -0.3 is 13.9 Å². The highest BCUT2D eigenvalue weighted by Crippen LogP contribution is 2.38. The molecule has 0 bridgehead atoms. The lowest BCUT2D eigenvalue weighted by Gasteiger charge is -2.38. The molecule has 1 aromatic carbocycles. The number of unbranched alkanes of at least 4 members (excludes halogenated alkanes) is 1. The Hall–Kier alpha value is -2.11. The van der Waals surface area contributed by atoms with Gasteiger partial charge in [0.1, 0.15) is 17.8 Å². The lowest BCUT2D eigenvalue weighted by Crippen LogP contribution is -2.43. The van der Waals surface area contributed by atoms with Crippen molar-refractivity contribution >= 4 is 20.7 Å². The van der Waals surface area contributed by atoms with Crippen molar-refractivity contribution in [2.45, 2.75) is 64.3 Å². The molecular weight excluding hydrogens is 392 g/mol. The van der Waals surface area contributed by atoms with E-state index in [-0.39, 0.29) is 11.1 Å². The molecule has 0 amide bonds. The maximum absolute atomic E-state index is 10.8. The third kappa shape index (κ3) is 9.14. The fourth-order valence-corrected chi connectivity index (χ4v) is 3.93. The van der Waals surface area contributed by atoms with Gasteiger partial charge in [0.2, 0.25) is 0 Å². The lowest BCUT2D eigenvalue weighted by atomic mass is 10.1. The first-order valence-electron chi connectivity index (χ1n) is 10.5. The van der Waals surface area contributed by atoms with Crippen LogP contribution in [-0.2, 0) is 9.22 Å². The van der Waals surface area contributed by atoms with Crippen molar-refractivity contribution in [1.29, 1.82) is 0 Å². The number of carbonyl (C=O) groups excluding carboxylic acids is 1. The van der Waals surface area contributed by atoms with Crippen LogP contribution in [0.5, 0.6) is 11.5 Å². The van der Waals surface area contributed by atoms with E-state index in [2.05, 4.69) is 46.0 Å². The van der Waals surface area contributed by atoms with Crippen molar-refractivity contribution in [3.63, 3.8) is 0 Å². The van der Waals surface area contributed by atoms with Crippen LogP contribution in [0.2, 0.25) is 18.1 Å². The van der Waals surface area contributed by atoms with E-state index in [9.17, 15) is 4.79 Å². The zero-order chi connectivity index (χ0) is 22.6. The van der Waals surface area contributed by atoms with Crippen molar-refractivity contribution < 1.29 is 18.7 Å². The second-order valence-corrected chi connectivity index (χ2v) is 13.6. The van der Waals surface area contributed by atoms with E-state index in [1.165, 1.54) is 0 Å². The zero-order valence-electron chi connectivity index (χ0n) is 19.6. The second-order valence-electron chi connectivity index (χ2n) is 8.80. The molecule has 4 nitrogen and oxygen atoms in total. The van der Waals surface area contributed by atoms with Gasteiger partial charge in [0.15, 0.2) is 8.32 Å². The molecule has 0 aliphatic heterocycles. The highest BCUT2D eigenvalue weighted by molar-refractivity contribution is 6.74. The average Bonchev–Trinajstić information content (AvgIpc) is 2.69. The molecule has 0 fully saturated rings. The Labute approximate surface area is 183 Å². The largest absolute Gasteiger partial charge is 0.497 e. The van der Waals surface area contributed by atoms with Crippen LogP contribution in [0.3, 0.4) is 0 Å². The smallest absolute Gasteiger partial charge is 0.192 e. The van der Waals surface area contributed by atoms with E-state index in [4.69, 9.17) is 13.9 Å². The van der Waals surface area contributed by atoms with Crippen molar-refractivity contribution in [3.8, 4) is 11.5 Å². The minimum absolute atomic E-state index is 0.00992. The number of methoxy groups -OCH3 is 2. The number of aldehydes is 1. The van der Waals surface area contributed by atoms with Gasteiger partial charge in [0.25, 0.3) is 0 Å². The molecule has 5 heteroatoms. The maximum Gasteiger partial charge on any atom is 0.192 e. The first kappa shape index (κ1) is 25.9. The van der Waals surface area contributed by atoms with Crippen LogP contribution in [0.15, 0.2) is 48.6 Å². The van der Waals surface area contributed by atoms with Gasteiger partial charge in [-0.3, -0.25) is 4.79 Å². The van der Waals surface area contributed by atoms with Gasteiger partial charge in [-0.05, 0) is 61.2 Å². The Bertz CT molecular complexity index is 720. The normalized spacial score (nSPS) is 14.0. The molecule has 0 aliphatic rings. The molecule has 0 aliphatic carbocycles. The summed E-state index contributed by atoms with van der Waals surface area (Å²) in [5.41, 5.74) is 1.03. The molecule has 0 heterocycles. The molecule has 0 spiro atoms. The number of allylic oxidation sites excluding steroid dienone is 4. The predicted octanol–water partition coefficient (Wildman–Crippen LogP) is 6.59. The summed E-state index contributed by atoms with van der Waals surface area (Å²) in [6, 6.07) is 5.79. The summed E-state index contributed by atoms with van der Waals surface area (Å²) >= 11 is 0. The van der Waals surface area contributed by atoms with E-state index in [0.29, 0.717) is 0 Å². The third-order valence-corrected chi connectivity index (χ3v) is 9.93. The molecule has 30 heavy (non-hydrogen) atoms. The van der Waals surface area contributed by atoms with Gasteiger partial charge in [-0.1, -0.05) is 51.2 Å². The maximum atomic E-state index is 10.8. The summed E-state index contributed by atoms with van der Waals surface area (Å²) in [5.74, 6) is 1.54. The van der Waals surface area contributed by atoms with Crippen LogP contribution in [0, 0.1) is 0 Å². The first-order valence-corrected chi connectivity index (χ1v) is 13.4. The lowest BCUT2D eigenvalue weighted by molar-refractivity contribution is -0.104. The first-order chi connectivity index (χ1) is 14.1. The molecule has 0 aromatic heterocycles. The quantitative estimate of drug-likeness (QED) is 0.123. The van der Waals surface area contributed by atoms with E-state index >= 15 is 0 Å². The molecule has 0 saturated heterocycles. The van der Waals surface area contributed by atoms with E-state index in [0.717, 1.165) is 42.6 Å². The van der Waals surface area contributed by atoms with E-state index in [1.807, 2.05) is 36.4 Å². The van der Waals surface area contributed by atoms with Crippen LogP contribution >= 0.6 is 0 Å². The van der Waals surface area contributed by atoms with Crippen LogP contribution in [0.25, 0.3) is 6.08 Å². The minimum atomic E-state index is -1.87. The highest BCUT2D eigenvalue weighted by Gasteiger charge is 2.38. The molecule has 0 saturated carbocycles. The topological polar surface area (TPSA) is 44.8 Å². The van der Waals surface area contributed by atoms with E-state index < -0.39 is 8.32 Å². The number of benzene rings is 1. The number of rotatable bonds is 12. The van der Waals surface area contributed by atoms with Crippen molar-refractivity contribution in [2.24, 2.45) is 0 Å². The Morgan fingerprint density at radius 2 is 1.63 bits per heavy atom. The molecule has 1 atom stereocenters. The summed E-state index contributed by atoms with van der Waals surface area (Å²) in [5, 5.41) is 0.147. The standard InChI is InChI=1S/C25H38O4Si/c1-25(2,3)30(6,7)29-22(16-13-17-26)15-12-10-8-9-11-14-21-18-23(27-4)20-24(19-21)28-5/h8-9,11,13-14,16-20,22H,10,12,15H2,1-7H3/b9-8+,14-11+,16-13+. The fraction of sp³-hybridized carbons (Fsp3) is 0.480. The Kier molecular flexibility index (Phi) is 10.8. The van der Waals surface area contributed by atoms with Crippen molar-refractivity contribution in [2.75, 3.05) is 14.2 Å². The van der Waals surface area contributed by atoms with Gasteiger partial charge in [-0.25, -0.2) is 0 Å². The summed E-state index contributed by atoms with van der Waals surface area (Å²) < 4.78 is 17.1. The van der Waals surface area contributed by atoms with Crippen LogP contribution in [-0.4, -0.2) is 34.9 Å². The fourth-order valence-electron chi connectivity index (χ4n) is 2.62. The summed E-state index contributed by atoms with van der Waals surface area (Å²) in [6.07, 6.45) is 15.4. The number of ether oxygens (including phenoxy) is 2. The number of hydrogen-bond acceptors (Lipinski definition) is 4. The zero-order valence-corrected chi connectivity index (χ0v) is 20.6. The van der Waals surface area contributed by atoms with Crippen molar-refractivity contribution in [1.82, 2.24) is 0 Å². The molecule has 0 radical (unpaired) electrons. The van der Waals surface area contributed by atoms with E-state index in [1.54, 1.807) is 20.3 Å². The Morgan fingerprint density at radius 1 is 1.00 bits per heavy atom. The molecule has 1 aromatic rings. The predicted molar refractivity (Wildman–Crippen MR) is 129 cm³/mol. The summed E-state index contributed by atoms with van der Waals surface area (Å²) in [4.78, 5) is 10.8. The molecular formula is C25H38O4Si. The third-order valence-electron chi connectivity index (χ3n) is 5.43. The van der Waals surface area contributed by atoms with Crippen molar-refractivity contribution in [3.05, 3.63) is 54.1 Å². The molecule has 1 unspecified atom stereocenters. The Balaban J connectivity index is 2.58. The van der Waals surface area contributed by atoms with Gasteiger partial charge in [-0.15, -0.1) is 0 Å². The van der Waals surface area contributed by atoms with Crippen LogP contribution in [0.4, 0.5) is 0 Å². The summed E-state index contributed by atoms with van der Waals surface area (Å²) in [7, 11) is 1.43. The summed E-state index contributed by atoms with van der Waals surface area (Å²) in [6.45, 7) is 11.2. The van der Waals surface area contributed by atoms with Crippen LogP contribution < -0.4 is 9.47 Å². The SMILES string of the molecule is COc1cc(/C=C/C=C/CCCC(/C=C/C=O)O[Si](C)(C)C(C)(C)C)cc(OC)c1. The van der Waals surface area contributed by atoms with Crippen LogP contribution in [0.1, 0.15) is 45.6 Å². The highest BCUT2D eigenvalue weighted by atomic mass is 28.4. The minimum Gasteiger partial charge on any atom is -0.497 e. The Morgan fingerprint density at radius 3 is 2.17 bits per heavy atom. The van der Waals surface area contributed by atoms with Gasteiger partial charge in [0, 0.05) is 6.07 Å². The number of carbonyl (C=O) groups is 1. The number of hydrogen-bond donors (Lipinski definition) is 0. The second kappa shape index (κ2) is 12.6. The monoisotopic (exact) mass is 430 g/mol. The molecule has 166 valence electrons. The van der Waals surface area contributed by atoms with Gasteiger partial charge >= 0.3 is 0 Å². The molecule has 0 N–H and O–H groups in total. The molecule has 1 rings (SSSR count). The van der Waals surface area contributed by atoms with Gasteiger partial charge in [-0.2, -0.15) is 0 Å². The average molecular weight is 431 g/mol. The van der Waals surface area contributed by atoms with Gasteiger partial charge in [0.05, 0.1) is 20.3 Å².